The summed E-state index contributed by atoms with van der Waals surface area (Å²) in [6.45, 7) is 0.0150. The average molecular weight is 244 g/mol. The number of rotatable bonds is 6. The molecule has 0 heterocycles. The highest BCUT2D eigenvalue weighted by Crippen LogP contribution is 2.27. The second kappa shape index (κ2) is 7.50. The van der Waals surface area contributed by atoms with Crippen molar-refractivity contribution in [3.05, 3.63) is 0 Å². The highest BCUT2D eigenvalue weighted by molar-refractivity contribution is 5.64. The summed E-state index contributed by atoms with van der Waals surface area (Å²) >= 11 is 0. The van der Waals surface area contributed by atoms with Crippen molar-refractivity contribution < 1.29 is 15.0 Å². The van der Waals surface area contributed by atoms with Crippen LogP contribution in [0.5, 0.6) is 0 Å². The summed E-state index contributed by atoms with van der Waals surface area (Å²) in [5, 5.41) is 20.2. The first-order valence-corrected chi connectivity index (χ1v) is 6.50. The van der Waals surface area contributed by atoms with Crippen LogP contribution < -0.4 is 11.1 Å². The van der Waals surface area contributed by atoms with E-state index in [9.17, 15) is 9.90 Å². The molecule has 5 heteroatoms. The Labute approximate surface area is 102 Å². The molecule has 0 spiro atoms. The van der Waals surface area contributed by atoms with Gasteiger partial charge in [0.05, 0.1) is 6.10 Å². The van der Waals surface area contributed by atoms with Gasteiger partial charge in [0.15, 0.2) is 0 Å². The molecule has 1 rings (SSSR count). The first-order valence-electron chi connectivity index (χ1n) is 6.50. The Morgan fingerprint density at radius 2 is 2.00 bits per heavy atom. The minimum absolute atomic E-state index is 0.0150. The summed E-state index contributed by atoms with van der Waals surface area (Å²) in [4.78, 5) is 10.3. The van der Waals surface area contributed by atoms with Crippen molar-refractivity contribution in [1.82, 2.24) is 5.32 Å². The number of hydrogen-bond donors (Lipinski definition) is 4. The van der Waals surface area contributed by atoms with E-state index < -0.39 is 12.2 Å². The zero-order valence-corrected chi connectivity index (χ0v) is 10.3. The molecular formula is C12H24N2O3. The number of hydrogen-bond acceptors (Lipinski definition) is 3. The standard InChI is InChI=1S/C12H24N2O3/c13-10(11(15)8-14-12(16)17)7-6-9-4-2-1-3-5-9/h9-11,14-15H,1-8,13H2,(H,16,17)/t10-,11-/m0/s1. The Balaban J connectivity index is 2.14. The van der Waals surface area contributed by atoms with Crippen molar-refractivity contribution in [2.24, 2.45) is 11.7 Å². The highest BCUT2D eigenvalue weighted by atomic mass is 16.4. The third-order valence-corrected chi connectivity index (χ3v) is 3.59. The van der Waals surface area contributed by atoms with Crippen molar-refractivity contribution >= 4 is 6.09 Å². The molecule has 1 aliphatic carbocycles. The van der Waals surface area contributed by atoms with Crippen LogP contribution in [0.4, 0.5) is 4.79 Å². The first-order chi connectivity index (χ1) is 8.09. The maximum absolute atomic E-state index is 10.3. The summed E-state index contributed by atoms with van der Waals surface area (Å²) in [7, 11) is 0. The molecule has 5 nitrogen and oxygen atoms in total. The van der Waals surface area contributed by atoms with Crippen LogP contribution in [-0.2, 0) is 0 Å². The molecule has 0 unspecified atom stereocenters. The maximum Gasteiger partial charge on any atom is 0.404 e. The normalized spacial score (nSPS) is 20.8. The van der Waals surface area contributed by atoms with Crippen LogP contribution in [0.3, 0.4) is 0 Å². The van der Waals surface area contributed by atoms with Gasteiger partial charge in [-0.25, -0.2) is 4.79 Å². The number of amides is 1. The quantitative estimate of drug-likeness (QED) is 0.566. The van der Waals surface area contributed by atoms with Crippen LogP contribution in [-0.4, -0.2) is 35.0 Å². The summed E-state index contributed by atoms with van der Waals surface area (Å²) in [6, 6.07) is -0.330. The van der Waals surface area contributed by atoms with Crippen LogP contribution in [0, 0.1) is 5.92 Å². The molecule has 5 N–H and O–H groups in total. The molecule has 1 fully saturated rings. The fourth-order valence-electron chi connectivity index (χ4n) is 2.44. The van der Waals surface area contributed by atoms with Crippen molar-refractivity contribution in [2.75, 3.05) is 6.54 Å². The SMILES string of the molecule is N[C@@H](CCC1CCCCC1)[C@@H](O)CNC(=O)O. The van der Waals surface area contributed by atoms with Crippen LogP contribution in [0.15, 0.2) is 0 Å². The third kappa shape index (κ3) is 5.89. The van der Waals surface area contributed by atoms with Crippen molar-refractivity contribution in [1.29, 1.82) is 0 Å². The molecule has 0 saturated heterocycles. The first kappa shape index (κ1) is 14.3. The Morgan fingerprint density at radius 1 is 1.35 bits per heavy atom. The molecule has 1 aliphatic rings. The Hall–Kier alpha value is -0.810. The number of nitrogens with one attached hydrogen (secondary N) is 1. The fraction of sp³-hybridized carbons (Fsp3) is 0.917. The third-order valence-electron chi connectivity index (χ3n) is 3.59. The van der Waals surface area contributed by atoms with Crippen LogP contribution in [0.2, 0.25) is 0 Å². The fourth-order valence-corrected chi connectivity index (χ4v) is 2.44. The van der Waals surface area contributed by atoms with Gasteiger partial charge in [0.25, 0.3) is 0 Å². The van der Waals surface area contributed by atoms with Gasteiger partial charge in [0, 0.05) is 12.6 Å². The zero-order valence-electron chi connectivity index (χ0n) is 10.3. The van der Waals surface area contributed by atoms with E-state index in [0.29, 0.717) is 0 Å². The Bertz CT molecular complexity index is 230. The zero-order chi connectivity index (χ0) is 12.7. The minimum Gasteiger partial charge on any atom is -0.465 e. The number of aliphatic hydroxyl groups is 1. The lowest BCUT2D eigenvalue weighted by molar-refractivity contribution is 0.128. The molecule has 0 bridgehead atoms. The van der Waals surface area contributed by atoms with Gasteiger partial charge < -0.3 is 21.3 Å². The van der Waals surface area contributed by atoms with Gasteiger partial charge >= 0.3 is 6.09 Å². The topological polar surface area (TPSA) is 95.6 Å². The van der Waals surface area contributed by atoms with E-state index in [1.54, 1.807) is 0 Å². The van der Waals surface area contributed by atoms with E-state index in [1.165, 1.54) is 32.1 Å². The number of carbonyl (C=O) groups is 1. The van der Waals surface area contributed by atoms with Crippen LogP contribution in [0.1, 0.15) is 44.9 Å². The predicted octanol–water partition coefficient (Wildman–Crippen LogP) is 1.30. The summed E-state index contributed by atoms with van der Waals surface area (Å²) in [5.41, 5.74) is 5.84. The smallest absolute Gasteiger partial charge is 0.404 e. The van der Waals surface area contributed by atoms with Crippen molar-refractivity contribution in [3.8, 4) is 0 Å². The van der Waals surface area contributed by atoms with E-state index in [4.69, 9.17) is 10.8 Å². The molecule has 0 aromatic heterocycles. The highest BCUT2D eigenvalue weighted by Gasteiger charge is 2.19. The van der Waals surface area contributed by atoms with E-state index in [1.807, 2.05) is 0 Å². The molecular weight excluding hydrogens is 220 g/mol. The van der Waals surface area contributed by atoms with Gasteiger partial charge in [0.2, 0.25) is 0 Å². The monoisotopic (exact) mass is 244 g/mol. The lowest BCUT2D eigenvalue weighted by Crippen LogP contribution is -2.43. The molecule has 1 amide bonds. The number of aliphatic hydroxyl groups excluding tert-OH is 1. The molecule has 100 valence electrons. The lowest BCUT2D eigenvalue weighted by atomic mass is 9.85. The van der Waals surface area contributed by atoms with Crippen molar-refractivity contribution in [2.45, 2.75) is 57.1 Å². The summed E-state index contributed by atoms with van der Waals surface area (Å²) in [5.74, 6) is 0.745. The lowest BCUT2D eigenvalue weighted by Gasteiger charge is -2.24. The minimum atomic E-state index is -1.12. The van der Waals surface area contributed by atoms with E-state index in [0.717, 1.165) is 18.8 Å². The van der Waals surface area contributed by atoms with Gasteiger partial charge in [-0.05, 0) is 18.8 Å². The molecule has 0 aromatic rings. The van der Waals surface area contributed by atoms with E-state index in [-0.39, 0.29) is 12.6 Å². The molecule has 0 aromatic carbocycles. The largest absolute Gasteiger partial charge is 0.465 e. The second-order valence-electron chi connectivity index (χ2n) is 5.00. The number of nitrogens with two attached hydrogens (primary N) is 1. The van der Waals surface area contributed by atoms with Gasteiger partial charge in [-0.3, -0.25) is 0 Å². The Morgan fingerprint density at radius 3 is 2.59 bits per heavy atom. The molecule has 2 atom stereocenters. The maximum atomic E-state index is 10.3. The molecule has 0 aliphatic heterocycles. The summed E-state index contributed by atoms with van der Waals surface area (Å²) in [6.07, 6.45) is 6.42. The van der Waals surface area contributed by atoms with E-state index >= 15 is 0 Å². The van der Waals surface area contributed by atoms with Crippen molar-refractivity contribution in [3.63, 3.8) is 0 Å². The van der Waals surface area contributed by atoms with Gasteiger partial charge in [0.1, 0.15) is 0 Å². The van der Waals surface area contributed by atoms with Gasteiger partial charge in [-0.2, -0.15) is 0 Å². The van der Waals surface area contributed by atoms with E-state index in [2.05, 4.69) is 5.32 Å². The molecule has 0 radical (unpaired) electrons. The molecule has 1 saturated carbocycles. The van der Waals surface area contributed by atoms with Gasteiger partial charge in [-0.1, -0.05) is 32.1 Å². The summed E-state index contributed by atoms with van der Waals surface area (Å²) < 4.78 is 0. The number of carboxylic acid groups (broad SMARTS) is 1. The predicted molar refractivity (Wildman–Crippen MR) is 65.8 cm³/mol. The Kier molecular flexibility index (Phi) is 6.29. The second-order valence-corrected chi connectivity index (χ2v) is 5.00. The average Bonchev–Trinajstić information content (AvgIpc) is 2.34. The molecule has 17 heavy (non-hydrogen) atoms. The van der Waals surface area contributed by atoms with Crippen LogP contribution >= 0.6 is 0 Å². The van der Waals surface area contributed by atoms with Gasteiger partial charge in [-0.15, -0.1) is 0 Å². The van der Waals surface area contributed by atoms with Crippen LogP contribution in [0.25, 0.3) is 0 Å².